The fraction of sp³-hybridized carbons (Fsp3) is 0.379. The first-order valence-electron chi connectivity index (χ1n) is 12.6. The molecule has 0 saturated heterocycles. The maximum atomic E-state index is 13.8. The summed E-state index contributed by atoms with van der Waals surface area (Å²) in [7, 11) is 1.58. The summed E-state index contributed by atoms with van der Waals surface area (Å²) in [4.78, 5) is 32.1. The first-order valence-corrected chi connectivity index (χ1v) is 13.9. The van der Waals surface area contributed by atoms with Crippen LogP contribution in [-0.2, 0) is 11.2 Å². The van der Waals surface area contributed by atoms with Crippen LogP contribution in [0.15, 0.2) is 53.9 Å². The van der Waals surface area contributed by atoms with E-state index in [1.165, 1.54) is 4.88 Å². The number of carbonyl (C=O) groups is 2. The van der Waals surface area contributed by atoms with Gasteiger partial charge in [-0.1, -0.05) is 17.7 Å². The second kappa shape index (κ2) is 11.2. The predicted molar refractivity (Wildman–Crippen MR) is 146 cm³/mol. The molecule has 1 aromatic heterocycles. The number of nitrogens with zero attached hydrogens (tertiary/aromatic N) is 2. The highest BCUT2D eigenvalue weighted by Gasteiger charge is 2.35. The Morgan fingerprint density at radius 1 is 1.14 bits per heavy atom. The summed E-state index contributed by atoms with van der Waals surface area (Å²) in [5.41, 5.74) is 2.60. The zero-order chi connectivity index (χ0) is 25.9. The zero-order valence-electron chi connectivity index (χ0n) is 21.1. The van der Waals surface area contributed by atoms with Crippen LogP contribution in [0.25, 0.3) is 0 Å². The number of amides is 2. The van der Waals surface area contributed by atoms with Gasteiger partial charge in [-0.15, -0.1) is 11.3 Å². The third-order valence-electron chi connectivity index (χ3n) is 7.06. The molecule has 1 aliphatic carbocycles. The molecule has 6 nitrogen and oxygen atoms in total. The van der Waals surface area contributed by atoms with E-state index in [0.29, 0.717) is 41.9 Å². The quantitative estimate of drug-likeness (QED) is 0.347. The second-order valence-corrected chi connectivity index (χ2v) is 11.1. The molecule has 194 valence electrons. The number of benzene rings is 2. The third-order valence-corrected chi connectivity index (χ3v) is 8.48. The fourth-order valence-electron chi connectivity index (χ4n) is 4.78. The number of fused-ring (bicyclic) bond motifs is 1. The Morgan fingerprint density at radius 3 is 2.73 bits per heavy atom. The van der Waals surface area contributed by atoms with E-state index in [-0.39, 0.29) is 24.4 Å². The van der Waals surface area contributed by atoms with Crippen LogP contribution in [-0.4, -0.2) is 55.0 Å². The molecule has 5 rings (SSSR count). The van der Waals surface area contributed by atoms with Gasteiger partial charge in [0.15, 0.2) is 0 Å². The normalized spacial score (nSPS) is 16.7. The average Bonchev–Trinajstić information content (AvgIpc) is 3.60. The Labute approximate surface area is 226 Å². The zero-order valence-corrected chi connectivity index (χ0v) is 22.7. The lowest BCUT2D eigenvalue weighted by molar-refractivity contribution is -0.135. The summed E-state index contributed by atoms with van der Waals surface area (Å²) in [5.74, 6) is 1.60. The molecule has 1 aliphatic heterocycles. The van der Waals surface area contributed by atoms with Gasteiger partial charge in [0.1, 0.15) is 24.7 Å². The van der Waals surface area contributed by atoms with Gasteiger partial charge in [-0.05, 0) is 91.1 Å². The van der Waals surface area contributed by atoms with Crippen molar-refractivity contribution in [2.45, 2.75) is 32.2 Å². The number of aryl methyl sites for hydroxylation is 1. The molecular formula is C29H31ClN2O4S. The Bertz CT molecular complexity index is 1290. The highest BCUT2D eigenvalue weighted by atomic mass is 35.5. The van der Waals surface area contributed by atoms with Gasteiger partial charge in [0.05, 0.1) is 13.2 Å². The highest BCUT2D eigenvalue weighted by molar-refractivity contribution is 7.10. The van der Waals surface area contributed by atoms with Gasteiger partial charge in [-0.2, -0.15) is 0 Å². The molecule has 1 saturated carbocycles. The van der Waals surface area contributed by atoms with Crippen LogP contribution in [0.4, 0.5) is 0 Å². The summed E-state index contributed by atoms with van der Waals surface area (Å²) in [5, 5.41) is 2.77. The molecule has 3 aromatic rings. The second-order valence-electron chi connectivity index (χ2n) is 9.74. The smallest absolute Gasteiger partial charge is 0.254 e. The van der Waals surface area contributed by atoms with E-state index >= 15 is 0 Å². The first kappa shape index (κ1) is 25.6. The SMILES string of the molecule is COc1cccc(C(=O)N(CC(=O)N2CCc3sccc3[C@@H]2COc2ccc(Cl)c(C)c2)CC2CC2)c1. The third kappa shape index (κ3) is 5.94. The average molecular weight is 539 g/mol. The number of rotatable bonds is 9. The topological polar surface area (TPSA) is 59.1 Å². The predicted octanol–water partition coefficient (Wildman–Crippen LogP) is 5.78. The Kier molecular flexibility index (Phi) is 7.72. The van der Waals surface area contributed by atoms with E-state index in [1.54, 1.807) is 41.5 Å². The lowest BCUT2D eigenvalue weighted by Gasteiger charge is -2.37. The van der Waals surface area contributed by atoms with Crippen LogP contribution in [0.1, 0.15) is 45.2 Å². The molecule has 0 spiro atoms. The van der Waals surface area contributed by atoms with Crippen molar-refractivity contribution in [2.24, 2.45) is 5.92 Å². The molecule has 1 atom stereocenters. The van der Waals surface area contributed by atoms with Gasteiger partial charge in [0.2, 0.25) is 5.91 Å². The van der Waals surface area contributed by atoms with Crippen LogP contribution in [0.2, 0.25) is 5.02 Å². The monoisotopic (exact) mass is 538 g/mol. The van der Waals surface area contributed by atoms with Crippen LogP contribution in [0, 0.1) is 12.8 Å². The lowest BCUT2D eigenvalue weighted by atomic mass is 10.00. The van der Waals surface area contributed by atoms with Gasteiger partial charge in [-0.25, -0.2) is 0 Å². The van der Waals surface area contributed by atoms with E-state index < -0.39 is 0 Å². The van der Waals surface area contributed by atoms with Crippen molar-refractivity contribution < 1.29 is 19.1 Å². The van der Waals surface area contributed by atoms with Gasteiger partial charge < -0.3 is 19.3 Å². The van der Waals surface area contributed by atoms with Crippen LogP contribution in [0.5, 0.6) is 11.5 Å². The van der Waals surface area contributed by atoms with Crippen LogP contribution in [0.3, 0.4) is 0 Å². The molecule has 8 heteroatoms. The Morgan fingerprint density at radius 2 is 1.97 bits per heavy atom. The minimum absolute atomic E-state index is 0.0442. The highest BCUT2D eigenvalue weighted by Crippen LogP contribution is 2.35. The lowest BCUT2D eigenvalue weighted by Crippen LogP contribution is -2.48. The van der Waals surface area contributed by atoms with E-state index in [4.69, 9.17) is 21.1 Å². The van der Waals surface area contributed by atoms with E-state index in [0.717, 1.165) is 36.1 Å². The molecular weight excluding hydrogens is 508 g/mol. The largest absolute Gasteiger partial charge is 0.497 e. The number of ether oxygens (including phenoxy) is 2. The van der Waals surface area contributed by atoms with Crippen molar-refractivity contribution in [3.63, 3.8) is 0 Å². The minimum Gasteiger partial charge on any atom is -0.497 e. The van der Waals surface area contributed by atoms with Gasteiger partial charge in [0, 0.05) is 28.6 Å². The molecule has 2 aliphatic rings. The minimum atomic E-state index is -0.215. The molecule has 0 unspecified atom stereocenters. The number of carbonyl (C=O) groups excluding carboxylic acids is 2. The van der Waals surface area contributed by atoms with Crippen molar-refractivity contribution in [1.82, 2.24) is 9.80 Å². The van der Waals surface area contributed by atoms with Gasteiger partial charge in [0.25, 0.3) is 5.91 Å². The van der Waals surface area contributed by atoms with Gasteiger partial charge in [-0.3, -0.25) is 9.59 Å². The molecule has 0 bridgehead atoms. The van der Waals surface area contributed by atoms with E-state index in [2.05, 4.69) is 11.4 Å². The number of methoxy groups -OCH3 is 1. The maximum Gasteiger partial charge on any atom is 0.254 e. The summed E-state index contributed by atoms with van der Waals surface area (Å²) in [6, 6.07) is 14.6. The molecule has 0 N–H and O–H groups in total. The van der Waals surface area contributed by atoms with Crippen molar-refractivity contribution >= 4 is 34.8 Å². The van der Waals surface area contributed by atoms with Gasteiger partial charge >= 0.3 is 0 Å². The van der Waals surface area contributed by atoms with E-state index in [9.17, 15) is 9.59 Å². The Balaban J connectivity index is 1.34. The first-order chi connectivity index (χ1) is 17.9. The van der Waals surface area contributed by atoms with Crippen LogP contribution < -0.4 is 9.47 Å². The standard InChI is InChI=1S/C29H31ClN2O4S/c1-19-14-23(8-9-25(19)30)36-18-26-24-11-13-37-27(24)10-12-32(26)28(33)17-31(16-20-6-7-20)29(34)21-4-3-5-22(15-21)35-2/h3-5,8-9,11,13-15,20,26H,6-7,10,12,16-18H2,1-2H3/t26-/m0/s1. The summed E-state index contributed by atoms with van der Waals surface area (Å²) in [6.07, 6.45) is 2.99. The number of thiophene rings is 1. The summed E-state index contributed by atoms with van der Waals surface area (Å²) in [6.45, 7) is 3.51. The van der Waals surface area contributed by atoms with Crippen molar-refractivity contribution in [3.8, 4) is 11.5 Å². The number of hydrogen-bond acceptors (Lipinski definition) is 5. The van der Waals surface area contributed by atoms with Crippen molar-refractivity contribution in [3.05, 3.63) is 80.5 Å². The van der Waals surface area contributed by atoms with Crippen LogP contribution >= 0.6 is 22.9 Å². The van der Waals surface area contributed by atoms with Crippen molar-refractivity contribution in [2.75, 3.05) is 33.4 Å². The summed E-state index contributed by atoms with van der Waals surface area (Å²) >= 11 is 7.89. The fourth-order valence-corrected chi connectivity index (χ4v) is 5.83. The number of halogens is 1. The molecule has 0 radical (unpaired) electrons. The molecule has 2 heterocycles. The van der Waals surface area contributed by atoms with Crippen molar-refractivity contribution in [1.29, 1.82) is 0 Å². The molecule has 2 amide bonds. The molecule has 37 heavy (non-hydrogen) atoms. The van der Waals surface area contributed by atoms with E-state index in [1.807, 2.05) is 36.1 Å². The maximum absolute atomic E-state index is 13.8. The summed E-state index contributed by atoms with van der Waals surface area (Å²) < 4.78 is 11.5. The Hall–Kier alpha value is -3.03. The number of hydrogen-bond donors (Lipinski definition) is 0. The molecule has 2 aromatic carbocycles. The molecule has 1 fully saturated rings.